The van der Waals surface area contributed by atoms with Gasteiger partial charge in [-0.1, -0.05) is 11.6 Å². The standard InChI is InChI=1S/C13H7ClFN3O2/c14-9-4-8(12(17)19)6-18-13(9)20-11-2-1-7(5-16)3-10(11)15/h1-4,6H,(H2,17,19). The fraction of sp³-hybridized carbons (Fsp3) is 0. The molecule has 5 nitrogen and oxygen atoms in total. The summed E-state index contributed by atoms with van der Waals surface area (Å²) in [7, 11) is 0. The van der Waals surface area contributed by atoms with Crippen molar-refractivity contribution >= 4 is 17.5 Å². The van der Waals surface area contributed by atoms with Crippen molar-refractivity contribution in [2.75, 3.05) is 0 Å². The SMILES string of the molecule is N#Cc1ccc(Oc2ncc(C(N)=O)cc2Cl)c(F)c1. The van der Waals surface area contributed by atoms with Gasteiger partial charge in [0.2, 0.25) is 11.8 Å². The van der Waals surface area contributed by atoms with Gasteiger partial charge >= 0.3 is 0 Å². The number of hydrogen-bond donors (Lipinski definition) is 1. The number of nitrogens with two attached hydrogens (primary N) is 1. The molecule has 2 aromatic rings. The van der Waals surface area contributed by atoms with Gasteiger partial charge in [0.25, 0.3) is 0 Å². The number of carbonyl (C=O) groups excluding carboxylic acids is 1. The van der Waals surface area contributed by atoms with Crippen molar-refractivity contribution in [3.05, 3.63) is 52.4 Å². The topological polar surface area (TPSA) is 89.0 Å². The molecule has 1 aromatic carbocycles. The maximum atomic E-state index is 13.6. The molecule has 1 aromatic heterocycles. The Labute approximate surface area is 118 Å². The molecule has 2 N–H and O–H groups in total. The number of carbonyl (C=O) groups is 1. The Morgan fingerprint density at radius 3 is 2.75 bits per heavy atom. The summed E-state index contributed by atoms with van der Waals surface area (Å²) in [6.45, 7) is 0. The van der Waals surface area contributed by atoms with Gasteiger partial charge in [-0.05, 0) is 24.3 Å². The second-order valence-corrected chi connectivity index (χ2v) is 4.14. The highest BCUT2D eigenvalue weighted by Crippen LogP contribution is 2.29. The minimum Gasteiger partial charge on any atom is -0.434 e. The number of rotatable bonds is 3. The highest BCUT2D eigenvalue weighted by molar-refractivity contribution is 6.32. The Bertz CT molecular complexity index is 728. The largest absolute Gasteiger partial charge is 0.434 e. The number of benzene rings is 1. The third-order valence-electron chi connectivity index (χ3n) is 2.36. The molecule has 1 amide bonds. The van der Waals surface area contributed by atoms with Crippen LogP contribution in [0.1, 0.15) is 15.9 Å². The molecule has 1 heterocycles. The van der Waals surface area contributed by atoms with E-state index in [1.165, 1.54) is 24.4 Å². The molecule has 0 unspecified atom stereocenters. The van der Waals surface area contributed by atoms with E-state index in [1.807, 2.05) is 0 Å². The molecule has 0 aliphatic carbocycles. The average Bonchev–Trinajstić information content (AvgIpc) is 2.42. The lowest BCUT2D eigenvalue weighted by molar-refractivity contribution is 0.1000. The first-order chi connectivity index (χ1) is 9.51. The highest BCUT2D eigenvalue weighted by atomic mass is 35.5. The third-order valence-corrected chi connectivity index (χ3v) is 2.63. The average molecular weight is 292 g/mol. The number of amides is 1. The second-order valence-electron chi connectivity index (χ2n) is 3.73. The summed E-state index contributed by atoms with van der Waals surface area (Å²) in [6.07, 6.45) is 1.17. The van der Waals surface area contributed by atoms with Crippen molar-refractivity contribution in [2.45, 2.75) is 0 Å². The fourth-order valence-electron chi connectivity index (χ4n) is 1.39. The lowest BCUT2D eigenvalue weighted by Gasteiger charge is -2.08. The fourth-order valence-corrected chi connectivity index (χ4v) is 1.60. The molecule has 0 aliphatic heterocycles. The van der Waals surface area contributed by atoms with E-state index < -0.39 is 11.7 Å². The molecule has 0 bridgehead atoms. The number of halogens is 2. The Hall–Kier alpha value is -2.65. The number of hydrogen-bond acceptors (Lipinski definition) is 4. The molecule has 2 rings (SSSR count). The zero-order valence-corrected chi connectivity index (χ0v) is 10.7. The number of ether oxygens (including phenoxy) is 1. The van der Waals surface area contributed by atoms with Crippen LogP contribution in [0.2, 0.25) is 5.02 Å². The summed E-state index contributed by atoms with van der Waals surface area (Å²) < 4.78 is 18.8. The molecule has 100 valence electrons. The Morgan fingerprint density at radius 2 is 2.20 bits per heavy atom. The predicted octanol–water partition coefficient (Wildman–Crippen LogP) is 2.64. The number of nitriles is 1. The monoisotopic (exact) mass is 291 g/mol. The molecular formula is C13H7ClFN3O2. The van der Waals surface area contributed by atoms with E-state index in [4.69, 9.17) is 27.3 Å². The van der Waals surface area contributed by atoms with E-state index in [2.05, 4.69) is 4.98 Å². The summed E-state index contributed by atoms with van der Waals surface area (Å²) in [5.41, 5.74) is 5.35. The normalized spacial score (nSPS) is 9.85. The summed E-state index contributed by atoms with van der Waals surface area (Å²) in [4.78, 5) is 14.7. The molecule has 7 heteroatoms. The van der Waals surface area contributed by atoms with Crippen LogP contribution in [0.15, 0.2) is 30.5 Å². The summed E-state index contributed by atoms with van der Waals surface area (Å²) in [6, 6.07) is 6.78. The minimum absolute atomic E-state index is 0.0186. The number of primary amides is 1. The molecule has 0 saturated heterocycles. The van der Waals surface area contributed by atoms with Gasteiger partial charge < -0.3 is 10.5 Å². The first kappa shape index (κ1) is 13.8. The van der Waals surface area contributed by atoms with Crippen LogP contribution in [0.3, 0.4) is 0 Å². The second kappa shape index (κ2) is 5.55. The Balaban J connectivity index is 2.31. The molecular weight excluding hydrogens is 285 g/mol. The Morgan fingerprint density at radius 1 is 1.45 bits per heavy atom. The summed E-state index contributed by atoms with van der Waals surface area (Å²) in [5, 5.41) is 8.65. The number of pyridine rings is 1. The predicted molar refractivity (Wildman–Crippen MR) is 69.0 cm³/mol. The van der Waals surface area contributed by atoms with Crippen molar-refractivity contribution < 1.29 is 13.9 Å². The third kappa shape index (κ3) is 2.84. The van der Waals surface area contributed by atoms with Gasteiger partial charge in [-0.2, -0.15) is 5.26 Å². The van der Waals surface area contributed by atoms with E-state index in [0.717, 1.165) is 6.07 Å². The smallest absolute Gasteiger partial charge is 0.250 e. The molecule has 20 heavy (non-hydrogen) atoms. The van der Waals surface area contributed by atoms with Gasteiger partial charge in [0.05, 0.1) is 17.2 Å². The van der Waals surface area contributed by atoms with E-state index in [0.29, 0.717) is 0 Å². The van der Waals surface area contributed by atoms with Crippen molar-refractivity contribution in [3.8, 4) is 17.7 Å². The van der Waals surface area contributed by atoms with E-state index in [-0.39, 0.29) is 27.8 Å². The van der Waals surface area contributed by atoms with Crippen LogP contribution in [0.5, 0.6) is 11.6 Å². The lowest BCUT2D eigenvalue weighted by Crippen LogP contribution is -2.11. The van der Waals surface area contributed by atoms with Gasteiger partial charge in [-0.25, -0.2) is 9.37 Å². The van der Waals surface area contributed by atoms with Gasteiger partial charge in [0.1, 0.15) is 5.02 Å². The maximum absolute atomic E-state index is 13.6. The van der Waals surface area contributed by atoms with E-state index in [9.17, 15) is 9.18 Å². The molecule has 0 aliphatic rings. The molecule has 0 atom stereocenters. The first-order valence-corrected chi connectivity index (χ1v) is 5.72. The van der Waals surface area contributed by atoms with Crippen LogP contribution in [0.25, 0.3) is 0 Å². The van der Waals surface area contributed by atoms with Gasteiger partial charge in [0, 0.05) is 6.20 Å². The van der Waals surface area contributed by atoms with Crippen molar-refractivity contribution in [3.63, 3.8) is 0 Å². The van der Waals surface area contributed by atoms with Crippen LogP contribution in [0, 0.1) is 17.1 Å². The van der Waals surface area contributed by atoms with E-state index >= 15 is 0 Å². The highest BCUT2D eigenvalue weighted by Gasteiger charge is 2.12. The van der Waals surface area contributed by atoms with Crippen molar-refractivity contribution in [2.24, 2.45) is 5.73 Å². The van der Waals surface area contributed by atoms with Crippen LogP contribution >= 0.6 is 11.6 Å². The van der Waals surface area contributed by atoms with Crippen molar-refractivity contribution in [1.29, 1.82) is 5.26 Å². The molecule has 0 saturated carbocycles. The zero-order chi connectivity index (χ0) is 14.7. The molecule has 0 spiro atoms. The Kier molecular flexibility index (Phi) is 3.82. The first-order valence-electron chi connectivity index (χ1n) is 5.34. The van der Waals surface area contributed by atoms with Crippen molar-refractivity contribution in [1.82, 2.24) is 4.98 Å². The lowest BCUT2D eigenvalue weighted by atomic mass is 10.2. The maximum Gasteiger partial charge on any atom is 0.250 e. The van der Waals surface area contributed by atoms with Crippen LogP contribution < -0.4 is 10.5 Å². The molecule has 0 radical (unpaired) electrons. The molecule has 0 fully saturated rings. The summed E-state index contributed by atoms with van der Waals surface area (Å²) >= 11 is 5.86. The quantitative estimate of drug-likeness (QED) is 0.941. The van der Waals surface area contributed by atoms with E-state index in [1.54, 1.807) is 6.07 Å². The van der Waals surface area contributed by atoms with Gasteiger partial charge in [-0.15, -0.1) is 0 Å². The van der Waals surface area contributed by atoms with Crippen LogP contribution in [-0.2, 0) is 0 Å². The van der Waals surface area contributed by atoms with Gasteiger partial charge in [-0.3, -0.25) is 4.79 Å². The van der Waals surface area contributed by atoms with Crippen LogP contribution in [0.4, 0.5) is 4.39 Å². The van der Waals surface area contributed by atoms with Crippen LogP contribution in [-0.4, -0.2) is 10.9 Å². The number of aromatic nitrogens is 1. The minimum atomic E-state index is -0.721. The van der Waals surface area contributed by atoms with Gasteiger partial charge in [0.15, 0.2) is 11.6 Å². The summed E-state index contributed by atoms with van der Waals surface area (Å²) in [5.74, 6) is -1.61. The number of nitrogens with zero attached hydrogens (tertiary/aromatic N) is 2. The zero-order valence-electron chi connectivity index (χ0n) is 9.93.